The second-order valence-electron chi connectivity index (χ2n) is 11.6. The van der Waals surface area contributed by atoms with E-state index in [9.17, 15) is 27.9 Å². The number of carbonyl (C=O) groups excluding carboxylic acids is 2. The van der Waals surface area contributed by atoms with E-state index in [2.05, 4.69) is 0 Å². The van der Waals surface area contributed by atoms with Gasteiger partial charge in [0.2, 0.25) is 5.91 Å². The number of alkyl halides is 3. The zero-order valence-corrected chi connectivity index (χ0v) is 26.0. The maximum Gasteiger partial charge on any atom is 0.416 e. The van der Waals surface area contributed by atoms with Gasteiger partial charge in [0.15, 0.2) is 0 Å². The lowest BCUT2D eigenvalue weighted by atomic mass is 9.94. The number of hydrogen-bond donors (Lipinski definition) is 2. The molecule has 3 atom stereocenters. The molecular weight excluding hydrogens is 606 g/mol. The Bertz CT molecular complexity index is 1320. The van der Waals surface area contributed by atoms with Crippen molar-refractivity contribution in [3.63, 3.8) is 0 Å². The molecule has 2 saturated heterocycles. The summed E-state index contributed by atoms with van der Waals surface area (Å²) >= 11 is 12.5. The van der Waals surface area contributed by atoms with Gasteiger partial charge in [-0.3, -0.25) is 9.69 Å². The van der Waals surface area contributed by atoms with Crippen LogP contribution in [-0.4, -0.2) is 83.3 Å². The number of carbonyl (C=O) groups is 2. The van der Waals surface area contributed by atoms with Crippen LogP contribution in [0.5, 0.6) is 0 Å². The molecule has 0 saturated carbocycles. The van der Waals surface area contributed by atoms with Crippen LogP contribution in [0, 0.1) is 5.92 Å². The highest BCUT2D eigenvalue weighted by Gasteiger charge is 2.41. The number of urea groups is 1. The van der Waals surface area contributed by atoms with Crippen LogP contribution in [0.2, 0.25) is 10.0 Å². The number of aliphatic hydroxyl groups excluding tert-OH is 1. The van der Waals surface area contributed by atoms with Crippen LogP contribution in [0.3, 0.4) is 0 Å². The molecule has 0 aromatic heterocycles. The molecular formula is C30H38Cl2F3N5O3. The number of nitrogens with two attached hydrogens (primary N) is 1. The Morgan fingerprint density at radius 2 is 1.63 bits per heavy atom. The fourth-order valence-electron chi connectivity index (χ4n) is 5.76. The quantitative estimate of drug-likeness (QED) is 0.382. The van der Waals surface area contributed by atoms with Gasteiger partial charge in [-0.2, -0.15) is 13.2 Å². The zero-order chi connectivity index (χ0) is 31.6. The van der Waals surface area contributed by atoms with Gasteiger partial charge in [-0.1, -0.05) is 43.1 Å². The molecule has 2 aromatic rings. The smallest absolute Gasteiger partial charge is 0.374 e. The standard InChI is InChI=1S/C30H38Cl2F3N5O3/c1-18(2)14-25(36)23-16-21(30(33,34)35)5-7-26(23)37-8-10-38(11-9-37)28(42)27(15-20-4-6-22(31)17-24(20)32)40-13-12-39(19(3)41)29(40)43/h4-7,16-19,25,27,41H,8-15,36H2,1-3H3. The van der Waals surface area contributed by atoms with E-state index in [-0.39, 0.29) is 31.3 Å². The van der Waals surface area contributed by atoms with Crippen LogP contribution in [-0.2, 0) is 17.4 Å². The molecule has 3 N–H and O–H groups in total. The number of benzene rings is 2. The minimum absolute atomic E-state index is 0.154. The SMILES string of the molecule is CC(C)CC(N)c1cc(C(F)(F)F)ccc1N1CCN(C(=O)C(Cc2ccc(Cl)cc2Cl)N2CCN(C(C)O)C2=O)CC1. The summed E-state index contributed by atoms with van der Waals surface area (Å²) in [6.45, 7) is 7.31. The van der Waals surface area contributed by atoms with Crippen molar-refractivity contribution in [2.45, 2.75) is 58.1 Å². The largest absolute Gasteiger partial charge is 0.416 e. The summed E-state index contributed by atoms with van der Waals surface area (Å²) in [7, 11) is 0. The minimum Gasteiger partial charge on any atom is -0.374 e. The van der Waals surface area contributed by atoms with Crippen molar-refractivity contribution in [3.05, 3.63) is 63.1 Å². The fourth-order valence-corrected chi connectivity index (χ4v) is 6.25. The predicted octanol–water partition coefficient (Wildman–Crippen LogP) is 5.39. The molecule has 0 radical (unpaired) electrons. The van der Waals surface area contributed by atoms with Crippen LogP contribution in [0.15, 0.2) is 36.4 Å². The number of amides is 3. The first-order chi connectivity index (χ1) is 20.2. The average molecular weight is 645 g/mol. The third-order valence-electron chi connectivity index (χ3n) is 8.03. The van der Waals surface area contributed by atoms with E-state index in [0.717, 1.165) is 12.1 Å². The number of rotatable bonds is 9. The number of hydrogen-bond acceptors (Lipinski definition) is 5. The Labute approximate surface area is 260 Å². The number of piperazine rings is 1. The summed E-state index contributed by atoms with van der Waals surface area (Å²) in [5.74, 6) is -0.0772. The highest BCUT2D eigenvalue weighted by Crippen LogP contribution is 2.37. The molecule has 2 fully saturated rings. The van der Waals surface area contributed by atoms with Crippen LogP contribution in [0.1, 0.15) is 49.9 Å². The summed E-state index contributed by atoms with van der Waals surface area (Å²) < 4.78 is 40.7. The molecule has 0 spiro atoms. The van der Waals surface area contributed by atoms with Gasteiger partial charge in [-0.05, 0) is 60.7 Å². The number of halogens is 5. The molecule has 8 nitrogen and oxygen atoms in total. The van der Waals surface area contributed by atoms with Gasteiger partial charge in [0.05, 0.1) is 5.56 Å². The number of anilines is 1. The molecule has 2 aliphatic rings. The molecule has 2 aromatic carbocycles. The van der Waals surface area contributed by atoms with Crippen LogP contribution in [0.25, 0.3) is 0 Å². The van der Waals surface area contributed by atoms with Gasteiger partial charge in [0.25, 0.3) is 0 Å². The Hall–Kier alpha value is -2.73. The molecule has 43 heavy (non-hydrogen) atoms. The Kier molecular flexibility index (Phi) is 10.4. The van der Waals surface area contributed by atoms with Gasteiger partial charge in [-0.25, -0.2) is 4.79 Å². The zero-order valence-electron chi connectivity index (χ0n) is 24.5. The summed E-state index contributed by atoms with van der Waals surface area (Å²) in [5, 5.41) is 10.9. The summed E-state index contributed by atoms with van der Waals surface area (Å²) in [6, 6.07) is 6.75. The minimum atomic E-state index is -4.49. The molecule has 2 heterocycles. The fraction of sp³-hybridized carbons (Fsp3) is 0.533. The molecule has 4 rings (SSSR count). The van der Waals surface area contributed by atoms with Crippen molar-refractivity contribution in [3.8, 4) is 0 Å². The summed E-state index contributed by atoms with van der Waals surface area (Å²) in [4.78, 5) is 33.6. The Balaban J connectivity index is 1.56. The third-order valence-corrected chi connectivity index (χ3v) is 8.61. The topological polar surface area (TPSA) is 93.3 Å². The second-order valence-corrected chi connectivity index (χ2v) is 12.4. The van der Waals surface area contributed by atoms with Gasteiger partial charge >= 0.3 is 12.2 Å². The van der Waals surface area contributed by atoms with Crippen molar-refractivity contribution in [2.75, 3.05) is 44.2 Å². The van der Waals surface area contributed by atoms with Crippen molar-refractivity contribution in [1.82, 2.24) is 14.7 Å². The summed E-state index contributed by atoms with van der Waals surface area (Å²) in [6.07, 6.45) is -4.82. The van der Waals surface area contributed by atoms with Crippen molar-refractivity contribution in [1.29, 1.82) is 0 Å². The van der Waals surface area contributed by atoms with E-state index in [1.807, 2.05) is 18.7 Å². The lowest BCUT2D eigenvalue weighted by Crippen LogP contribution is -2.56. The van der Waals surface area contributed by atoms with Gasteiger partial charge in [0.1, 0.15) is 12.3 Å². The molecule has 0 bridgehead atoms. The number of nitrogens with zero attached hydrogens (tertiary/aromatic N) is 4. The first-order valence-electron chi connectivity index (χ1n) is 14.4. The van der Waals surface area contributed by atoms with E-state index < -0.39 is 36.1 Å². The maximum atomic E-state index is 14.0. The highest BCUT2D eigenvalue weighted by atomic mass is 35.5. The molecule has 0 aliphatic carbocycles. The lowest BCUT2D eigenvalue weighted by molar-refractivity contribution is -0.138. The van der Waals surface area contributed by atoms with Crippen molar-refractivity contribution in [2.24, 2.45) is 11.7 Å². The molecule has 2 aliphatic heterocycles. The Morgan fingerprint density at radius 3 is 2.19 bits per heavy atom. The van der Waals surface area contributed by atoms with Crippen LogP contribution < -0.4 is 10.6 Å². The summed E-state index contributed by atoms with van der Waals surface area (Å²) in [5.41, 5.74) is 7.37. The first-order valence-corrected chi connectivity index (χ1v) is 15.1. The molecule has 13 heteroatoms. The van der Waals surface area contributed by atoms with E-state index in [0.29, 0.717) is 59.5 Å². The predicted molar refractivity (Wildman–Crippen MR) is 161 cm³/mol. The molecule has 236 valence electrons. The Morgan fingerprint density at radius 1 is 0.977 bits per heavy atom. The van der Waals surface area contributed by atoms with E-state index >= 15 is 0 Å². The third kappa shape index (κ3) is 7.68. The lowest BCUT2D eigenvalue weighted by Gasteiger charge is -2.40. The second kappa shape index (κ2) is 13.5. The number of aliphatic hydroxyl groups is 1. The first kappa shape index (κ1) is 33.2. The molecule has 3 amide bonds. The molecule has 3 unspecified atom stereocenters. The van der Waals surface area contributed by atoms with Crippen LogP contribution >= 0.6 is 23.2 Å². The van der Waals surface area contributed by atoms with E-state index in [1.54, 1.807) is 23.1 Å². The highest BCUT2D eigenvalue weighted by molar-refractivity contribution is 6.35. The van der Waals surface area contributed by atoms with Gasteiger partial charge < -0.3 is 25.5 Å². The normalized spacial score (nSPS) is 18.4. The maximum absolute atomic E-state index is 14.0. The van der Waals surface area contributed by atoms with E-state index in [1.165, 1.54) is 22.8 Å². The monoisotopic (exact) mass is 643 g/mol. The average Bonchev–Trinajstić information content (AvgIpc) is 3.32. The van der Waals surface area contributed by atoms with Gasteiger partial charge in [0, 0.05) is 67.5 Å². The van der Waals surface area contributed by atoms with E-state index in [4.69, 9.17) is 28.9 Å². The van der Waals surface area contributed by atoms with Crippen LogP contribution in [0.4, 0.5) is 23.7 Å². The van der Waals surface area contributed by atoms with Crippen molar-refractivity contribution < 1.29 is 27.9 Å². The van der Waals surface area contributed by atoms with Crippen molar-refractivity contribution >= 4 is 40.8 Å². The van der Waals surface area contributed by atoms with Gasteiger partial charge in [-0.15, -0.1) is 0 Å².